The second-order valence-corrected chi connectivity index (χ2v) is 13.7. The fourth-order valence-electron chi connectivity index (χ4n) is 8.32. The number of carbonyl (C=O) groups excluding carboxylic acids is 1. The van der Waals surface area contributed by atoms with Crippen LogP contribution < -0.4 is 9.47 Å². The van der Waals surface area contributed by atoms with Crippen LogP contribution >= 0.6 is 0 Å². The van der Waals surface area contributed by atoms with Crippen molar-refractivity contribution in [3.05, 3.63) is 60.7 Å². The van der Waals surface area contributed by atoms with E-state index in [2.05, 4.69) is 30.5 Å². The van der Waals surface area contributed by atoms with E-state index in [-0.39, 0.29) is 75.1 Å². The summed E-state index contributed by atoms with van der Waals surface area (Å²) in [7, 11) is 1.54. The van der Waals surface area contributed by atoms with Crippen molar-refractivity contribution in [3.8, 4) is 11.5 Å². The van der Waals surface area contributed by atoms with Crippen molar-refractivity contribution in [2.45, 2.75) is 75.5 Å². The number of fused-ring (bicyclic) bond motifs is 2. The summed E-state index contributed by atoms with van der Waals surface area (Å²) < 4.78 is 25.9. The average molecular weight is 697 g/mol. The molecule has 6 atom stereocenters. The zero-order valence-corrected chi connectivity index (χ0v) is 29.5. The van der Waals surface area contributed by atoms with E-state index in [1.165, 1.54) is 0 Å². The first kappa shape index (κ1) is 38.0. The largest absolute Gasteiger partial charge is 0.490 e. The molecule has 2 saturated carbocycles. The zero-order valence-electron chi connectivity index (χ0n) is 29.5. The number of oxime groups is 1. The first-order valence-electron chi connectivity index (χ1n) is 18.3. The van der Waals surface area contributed by atoms with Gasteiger partial charge in [-0.2, -0.15) is 0 Å². The lowest BCUT2D eigenvalue weighted by molar-refractivity contribution is -0.258. The second kappa shape index (κ2) is 18.3. The Labute approximate surface area is 296 Å². The van der Waals surface area contributed by atoms with E-state index in [9.17, 15) is 20.1 Å². The molecule has 0 bridgehead atoms. The number of hydrogen-bond donors (Lipinski definition) is 3. The molecule has 2 fully saturated rings. The molecule has 50 heavy (non-hydrogen) atoms. The van der Waals surface area contributed by atoms with E-state index in [1.807, 2.05) is 17.0 Å². The predicted octanol–water partition coefficient (Wildman–Crippen LogP) is 4.76. The van der Waals surface area contributed by atoms with Crippen molar-refractivity contribution < 1.29 is 43.9 Å². The Morgan fingerprint density at radius 1 is 1.04 bits per heavy atom. The summed E-state index contributed by atoms with van der Waals surface area (Å²) in [5.41, 5.74) is 2.75. The molecule has 0 spiro atoms. The Kier molecular flexibility index (Phi) is 13.9. The first-order chi connectivity index (χ1) is 24.5. The highest BCUT2D eigenvalue weighted by molar-refractivity contribution is 6.03. The first-order valence-corrected chi connectivity index (χ1v) is 18.3. The number of aliphatic hydroxyl groups is 3. The van der Waals surface area contributed by atoms with Gasteiger partial charge in [0.1, 0.15) is 31.3 Å². The molecule has 1 heterocycles. The van der Waals surface area contributed by atoms with Crippen molar-refractivity contribution >= 4 is 11.6 Å². The molecule has 11 heteroatoms. The van der Waals surface area contributed by atoms with Gasteiger partial charge >= 0.3 is 0 Å². The fraction of sp³-hybridized carbons (Fsp3) is 0.641. The SMILES string of the molecule is C=CCOc1ccc2c(c1)[C@H]1[C@H](CCCCO)[C@@H](CCCCO)C=C3C(=NOC)C[C@H](N(CCOCCO)C(=O)C4CC4)[C@@](OCC=C)(O2)[C@H]31. The van der Waals surface area contributed by atoms with Crippen molar-refractivity contribution in [3.63, 3.8) is 0 Å². The molecule has 0 saturated heterocycles. The summed E-state index contributed by atoms with van der Waals surface area (Å²) in [6.45, 7) is 9.22. The number of benzene rings is 1. The average Bonchev–Trinajstić information content (AvgIpc) is 3.98. The molecule has 1 aromatic rings. The van der Waals surface area contributed by atoms with Gasteiger partial charge in [0.2, 0.25) is 11.7 Å². The third kappa shape index (κ3) is 8.29. The Balaban J connectivity index is 1.73. The number of ether oxygens (including phenoxy) is 4. The number of allylic oxidation sites excluding steroid dienone is 1. The molecular formula is C39H56N2O9. The lowest BCUT2D eigenvalue weighted by Crippen LogP contribution is -2.70. The van der Waals surface area contributed by atoms with Crippen LogP contribution in [0, 0.1) is 23.7 Å². The Morgan fingerprint density at radius 3 is 2.48 bits per heavy atom. The Hall–Kier alpha value is -3.22. The lowest BCUT2D eigenvalue weighted by Gasteiger charge is -2.60. The van der Waals surface area contributed by atoms with E-state index >= 15 is 0 Å². The number of rotatable bonds is 22. The molecule has 0 radical (unpaired) electrons. The number of amides is 1. The van der Waals surface area contributed by atoms with Crippen LogP contribution in [0.2, 0.25) is 0 Å². The second-order valence-electron chi connectivity index (χ2n) is 13.7. The Morgan fingerprint density at radius 2 is 1.80 bits per heavy atom. The van der Waals surface area contributed by atoms with Gasteiger partial charge in [0.05, 0.1) is 38.1 Å². The molecule has 4 aliphatic rings. The third-order valence-corrected chi connectivity index (χ3v) is 10.5. The van der Waals surface area contributed by atoms with Gasteiger partial charge in [-0.1, -0.05) is 42.8 Å². The molecule has 5 rings (SSSR count). The minimum absolute atomic E-state index is 0.0321. The van der Waals surface area contributed by atoms with Crippen LogP contribution in [0.4, 0.5) is 0 Å². The maximum atomic E-state index is 14.2. The molecule has 3 aliphatic carbocycles. The highest BCUT2D eigenvalue weighted by Crippen LogP contribution is 2.62. The minimum Gasteiger partial charge on any atom is -0.490 e. The fourth-order valence-corrected chi connectivity index (χ4v) is 8.32. The summed E-state index contributed by atoms with van der Waals surface area (Å²) >= 11 is 0. The van der Waals surface area contributed by atoms with Crippen molar-refractivity contribution in [1.82, 2.24) is 4.90 Å². The smallest absolute Gasteiger partial charge is 0.239 e. The predicted molar refractivity (Wildman–Crippen MR) is 190 cm³/mol. The molecule has 0 aromatic heterocycles. The van der Waals surface area contributed by atoms with E-state index in [0.29, 0.717) is 43.9 Å². The van der Waals surface area contributed by atoms with Crippen LogP contribution in [0.25, 0.3) is 0 Å². The molecule has 3 N–H and O–H groups in total. The standard InChI is InChI=1S/C39H56N2O9/c1-4-20-48-29-14-15-34-32(25-29)36-30(11-7-9-18-43)28(10-6-8-17-42)24-31-33(40-46-3)26-35(39(50-34,37(31)36)49-21-5-2)41(16-22-47-23-19-44)38(45)27-12-13-27/h4-5,14-15,24-25,27-28,30,35-37,42-44H,1-2,6-13,16-23,26H2,3H3/t28-,30+,35-,36+,37+,39+/m0/s1. The zero-order chi connectivity index (χ0) is 35.5. The Bertz CT molecular complexity index is 1360. The third-order valence-electron chi connectivity index (χ3n) is 10.5. The van der Waals surface area contributed by atoms with E-state index < -0.39 is 11.8 Å². The van der Waals surface area contributed by atoms with Gasteiger partial charge in [0.25, 0.3) is 0 Å². The van der Waals surface area contributed by atoms with Crippen LogP contribution in [0.3, 0.4) is 0 Å². The number of carbonyl (C=O) groups is 1. The van der Waals surface area contributed by atoms with Crippen LogP contribution in [-0.4, -0.2) is 104 Å². The van der Waals surface area contributed by atoms with Gasteiger partial charge in [0.15, 0.2) is 0 Å². The molecular weight excluding hydrogens is 640 g/mol. The van der Waals surface area contributed by atoms with Crippen molar-refractivity contribution in [2.24, 2.45) is 28.8 Å². The van der Waals surface area contributed by atoms with E-state index in [0.717, 1.165) is 55.4 Å². The number of nitrogens with zero attached hydrogens (tertiary/aromatic N) is 2. The molecule has 276 valence electrons. The number of unbranched alkanes of at least 4 members (excludes halogenated alkanes) is 2. The summed E-state index contributed by atoms with van der Waals surface area (Å²) in [5, 5.41) is 33.5. The quantitative estimate of drug-likeness (QED) is 0.0890. The summed E-state index contributed by atoms with van der Waals surface area (Å²) in [6.07, 6.45) is 12.6. The van der Waals surface area contributed by atoms with E-state index in [4.69, 9.17) is 23.8 Å². The van der Waals surface area contributed by atoms with Gasteiger partial charge < -0.3 is 44.0 Å². The van der Waals surface area contributed by atoms with Gasteiger partial charge in [-0.15, -0.1) is 6.58 Å². The van der Waals surface area contributed by atoms with E-state index in [1.54, 1.807) is 19.3 Å². The van der Waals surface area contributed by atoms with Crippen molar-refractivity contribution in [2.75, 3.05) is 59.9 Å². The highest BCUT2D eigenvalue weighted by atomic mass is 16.7. The molecule has 0 unspecified atom stereocenters. The summed E-state index contributed by atoms with van der Waals surface area (Å²) in [5.74, 6) is -0.192. The maximum absolute atomic E-state index is 14.2. The topological polar surface area (TPSA) is 140 Å². The van der Waals surface area contributed by atoms with Gasteiger partial charge in [0, 0.05) is 43.6 Å². The molecule has 1 aromatic carbocycles. The van der Waals surface area contributed by atoms with Gasteiger partial charge in [-0.05, 0) is 74.1 Å². The molecule has 11 nitrogen and oxygen atoms in total. The normalized spacial score (nSPS) is 27.4. The monoisotopic (exact) mass is 696 g/mol. The van der Waals surface area contributed by atoms with Crippen LogP contribution in [0.1, 0.15) is 69.3 Å². The minimum atomic E-state index is -1.30. The van der Waals surface area contributed by atoms with Gasteiger partial charge in [-0.25, -0.2) is 0 Å². The summed E-state index contributed by atoms with van der Waals surface area (Å²) in [4.78, 5) is 21.6. The molecule has 1 aliphatic heterocycles. The number of aliphatic hydroxyl groups excluding tert-OH is 3. The summed E-state index contributed by atoms with van der Waals surface area (Å²) in [6, 6.07) is 5.33. The van der Waals surface area contributed by atoms with Crippen LogP contribution in [0.5, 0.6) is 11.5 Å². The lowest BCUT2D eigenvalue weighted by atomic mass is 9.55. The maximum Gasteiger partial charge on any atom is 0.239 e. The van der Waals surface area contributed by atoms with Crippen LogP contribution in [0.15, 0.2) is 60.3 Å². The van der Waals surface area contributed by atoms with Crippen LogP contribution in [-0.2, 0) is 19.1 Å². The van der Waals surface area contributed by atoms with Crippen molar-refractivity contribution in [1.29, 1.82) is 0 Å². The number of hydrogen-bond acceptors (Lipinski definition) is 10. The highest BCUT2D eigenvalue weighted by Gasteiger charge is 2.65. The molecule has 1 amide bonds. The van der Waals surface area contributed by atoms with Gasteiger partial charge in [-0.3, -0.25) is 4.79 Å².